The van der Waals surface area contributed by atoms with E-state index in [1.54, 1.807) is 6.33 Å². The van der Waals surface area contributed by atoms with E-state index in [9.17, 15) is 0 Å². The third-order valence-corrected chi connectivity index (χ3v) is 3.24. The van der Waals surface area contributed by atoms with Crippen LogP contribution in [0.2, 0.25) is 0 Å². The zero-order chi connectivity index (χ0) is 13.1. The highest BCUT2D eigenvalue weighted by Gasteiger charge is 2.26. The fraction of sp³-hybridized carbons (Fsp3) is 0.846. The summed E-state index contributed by atoms with van der Waals surface area (Å²) in [4.78, 5) is 4.40. The van der Waals surface area contributed by atoms with Gasteiger partial charge in [-0.2, -0.15) is 5.10 Å². The van der Waals surface area contributed by atoms with Gasteiger partial charge in [0.2, 0.25) is 0 Å². The summed E-state index contributed by atoms with van der Waals surface area (Å²) in [5, 5.41) is 7.57. The highest BCUT2D eigenvalue weighted by atomic mass is 15.3. The van der Waals surface area contributed by atoms with Crippen molar-refractivity contribution in [2.75, 3.05) is 13.6 Å². The van der Waals surface area contributed by atoms with Gasteiger partial charge >= 0.3 is 0 Å². The van der Waals surface area contributed by atoms with Crippen molar-refractivity contribution in [3.63, 3.8) is 0 Å². The molecule has 1 N–H and O–H groups in total. The quantitative estimate of drug-likeness (QED) is 0.856. The fourth-order valence-electron chi connectivity index (χ4n) is 2.00. The average Bonchev–Trinajstić information content (AvgIpc) is 2.63. The van der Waals surface area contributed by atoms with E-state index in [1.807, 2.05) is 11.7 Å². The van der Waals surface area contributed by atoms with Gasteiger partial charge in [-0.1, -0.05) is 20.8 Å². The second kappa shape index (κ2) is 5.63. The first-order valence-electron chi connectivity index (χ1n) is 6.39. The van der Waals surface area contributed by atoms with Gasteiger partial charge in [0, 0.05) is 12.5 Å². The lowest BCUT2D eigenvalue weighted by Gasteiger charge is -2.30. The van der Waals surface area contributed by atoms with Crippen LogP contribution in [0, 0.1) is 11.3 Å². The maximum absolute atomic E-state index is 4.40. The highest BCUT2D eigenvalue weighted by molar-refractivity contribution is 4.92. The molecule has 1 rings (SSSR count). The van der Waals surface area contributed by atoms with Crippen LogP contribution in [0.25, 0.3) is 0 Å². The first kappa shape index (κ1) is 14.2. The van der Waals surface area contributed by atoms with Gasteiger partial charge in [0.1, 0.15) is 12.2 Å². The zero-order valence-corrected chi connectivity index (χ0v) is 12.0. The molecule has 4 heteroatoms. The monoisotopic (exact) mass is 238 g/mol. The van der Waals surface area contributed by atoms with E-state index in [4.69, 9.17) is 0 Å². The summed E-state index contributed by atoms with van der Waals surface area (Å²) in [6.07, 6.45) is 2.64. The number of aromatic nitrogens is 3. The molecule has 4 nitrogen and oxygen atoms in total. The molecule has 1 atom stereocenters. The maximum atomic E-state index is 4.40. The minimum Gasteiger partial charge on any atom is -0.319 e. The van der Waals surface area contributed by atoms with Gasteiger partial charge in [0.05, 0.1) is 0 Å². The van der Waals surface area contributed by atoms with Crippen LogP contribution in [-0.2, 0) is 6.42 Å². The molecule has 1 heterocycles. The lowest BCUT2D eigenvalue weighted by Crippen LogP contribution is -2.32. The molecular formula is C13H26N4. The Kier molecular flexibility index (Phi) is 4.69. The van der Waals surface area contributed by atoms with E-state index in [1.165, 1.54) is 0 Å². The second-order valence-electron chi connectivity index (χ2n) is 6.04. The minimum atomic E-state index is 0.275. The molecule has 0 spiro atoms. The third-order valence-electron chi connectivity index (χ3n) is 3.24. The van der Waals surface area contributed by atoms with Gasteiger partial charge < -0.3 is 5.32 Å². The summed E-state index contributed by atoms with van der Waals surface area (Å²) in [7, 11) is 2.01. The first-order chi connectivity index (χ1) is 7.86. The Hall–Kier alpha value is -0.900. The summed E-state index contributed by atoms with van der Waals surface area (Å²) in [5.74, 6) is 1.66. The topological polar surface area (TPSA) is 42.7 Å². The molecule has 17 heavy (non-hydrogen) atoms. The number of rotatable bonds is 5. The van der Waals surface area contributed by atoms with Crippen molar-refractivity contribution in [1.82, 2.24) is 20.1 Å². The Morgan fingerprint density at radius 3 is 2.47 bits per heavy atom. The largest absolute Gasteiger partial charge is 0.319 e. The van der Waals surface area contributed by atoms with Crippen molar-refractivity contribution >= 4 is 0 Å². The smallest absolute Gasteiger partial charge is 0.138 e. The number of hydrogen-bond donors (Lipinski definition) is 1. The molecular weight excluding hydrogens is 212 g/mol. The molecule has 0 saturated carbocycles. The van der Waals surface area contributed by atoms with E-state index in [2.05, 4.69) is 50.0 Å². The molecule has 0 bridgehead atoms. The van der Waals surface area contributed by atoms with E-state index in [-0.39, 0.29) is 5.41 Å². The van der Waals surface area contributed by atoms with Crippen LogP contribution in [0.15, 0.2) is 6.33 Å². The summed E-state index contributed by atoms with van der Waals surface area (Å²) in [6, 6.07) is 0.378. The predicted molar refractivity (Wildman–Crippen MR) is 71.0 cm³/mol. The van der Waals surface area contributed by atoms with Crippen LogP contribution in [0.1, 0.15) is 46.5 Å². The van der Waals surface area contributed by atoms with Crippen LogP contribution in [-0.4, -0.2) is 28.4 Å². The summed E-state index contributed by atoms with van der Waals surface area (Å²) >= 11 is 0. The number of nitrogens with one attached hydrogen (secondary N) is 1. The molecule has 98 valence electrons. The van der Waals surface area contributed by atoms with Gasteiger partial charge in [0.25, 0.3) is 0 Å². The summed E-state index contributed by atoms with van der Waals surface area (Å²) in [6.45, 7) is 12.1. The summed E-state index contributed by atoms with van der Waals surface area (Å²) in [5.41, 5.74) is 0.275. The van der Waals surface area contributed by atoms with Gasteiger partial charge in [-0.3, -0.25) is 0 Å². The van der Waals surface area contributed by atoms with Crippen LogP contribution in [0.4, 0.5) is 0 Å². The van der Waals surface area contributed by atoms with E-state index >= 15 is 0 Å². The standard InChI is InChI=1S/C13H26N4/c1-10(2)17-12(15-9-16-17)7-11(8-14-6)13(3,4)5/h9-11,14H,7-8H2,1-6H3. The van der Waals surface area contributed by atoms with E-state index in [0.29, 0.717) is 12.0 Å². The Morgan fingerprint density at radius 1 is 1.35 bits per heavy atom. The predicted octanol–water partition coefficient (Wildman–Crippen LogP) is 2.28. The summed E-state index contributed by atoms with van der Waals surface area (Å²) < 4.78 is 2.02. The number of hydrogen-bond acceptors (Lipinski definition) is 3. The zero-order valence-electron chi connectivity index (χ0n) is 12.0. The fourth-order valence-corrected chi connectivity index (χ4v) is 2.00. The molecule has 0 aliphatic heterocycles. The van der Waals surface area contributed by atoms with Crippen molar-refractivity contribution < 1.29 is 0 Å². The molecule has 0 amide bonds. The van der Waals surface area contributed by atoms with Crippen LogP contribution >= 0.6 is 0 Å². The normalized spacial score (nSPS) is 14.3. The van der Waals surface area contributed by atoms with Gasteiger partial charge in [-0.15, -0.1) is 0 Å². The molecule has 1 aromatic rings. The molecule has 1 aromatic heterocycles. The minimum absolute atomic E-state index is 0.275. The van der Waals surface area contributed by atoms with Gasteiger partial charge in [-0.25, -0.2) is 9.67 Å². The molecule has 1 unspecified atom stereocenters. The Labute approximate surface area is 105 Å². The lowest BCUT2D eigenvalue weighted by atomic mass is 9.78. The highest BCUT2D eigenvalue weighted by Crippen LogP contribution is 2.28. The average molecular weight is 238 g/mol. The lowest BCUT2D eigenvalue weighted by molar-refractivity contribution is 0.228. The van der Waals surface area contributed by atoms with Crippen molar-refractivity contribution in [3.05, 3.63) is 12.2 Å². The molecule has 0 aromatic carbocycles. The van der Waals surface area contributed by atoms with E-state index in [0.717, 1.165) is 18.8 Å². The van der Waals surface area contributed by atoms with Crippen molar-refractivity contribution in [1.29, 1.82) is 0 Å². The molecule has 0 aliphatic rings. The Morgan fingerprint density at radius 2 is 2.00 bits per heavy atom. The molecule has 0 saturated heterocycles. The number of nitrogens with zero attached hydrogens (tertiary/aromatic N) is 3. The van der Waals surface area contributed by atoms with Gasteiger partial charge in [-0.05, 0) is 38.8 Å². The first-order valence-corrected chi connectivity index (χ1v) is 6.39. The second-order valence-corrected chi connectivity index (χ2v) is 6.04. The Balaban J connectivity index is 2.82. The molecule has 0 aliphatic carbocycles. The Bertz CT molecular complexity index is 335. The van der Waals surface area contributed by atoms with Crippen LogP contribution in [0.5, 0.6) is 0 Å². The van der Waals surface area contributed by atoms with Crippen LogP contribution in [0.3, 0.4) is 0 Å². The van der Waals surface area contributed by atoms with Crippen molar-refractivity contribution in [2.45, 2.75) is 47.1 Å². The van der Waals surface area contributed by atoms with Gasteiger partial charge in [0.15, 0.2) is 0 Å². The molecule has 0 radical (unpaired) electrons. The SMILES string of the molecule is CNCC(Cc1ncnn1C(C)C)C(C)(C)C. The van der Waals surface area contributed by atoms with Crippen LogP contribution < -0.4 is 5.32 Å². The van der Waals surface area contributed by atoms with Crippen molar-refractivity contribution in [3.8, 4) is 0 Å². The third kappa shape index (κ3) is 3.80. The molecule has 0 fully saturated rings. The van der Waals surface area contributed by atoms with E-state index < -0.39 is 0 Å². The van der Waals surface area contributed by atoms with Crippen molar-refractivity contribution in [2.24, 2.45) is 11.3 Å². The maximum Gasteiger partial charge on any atom is 0.138 e.